The minimum absolute atomic E-state index is 0.133. The van der Waals surface area contributed by atoms with Crippen molar-refractivity contribution in [2.75, 3.05) is 30.1 Å². The average Bonchev–Trinajstić information content (AvgIpc) is 2.60. The van der Waals surface area contributed by atoms with E-state index in [4.69, 9.17) is 9.47 Å². The van der Waals surface area contributed by atoms with Gasteiger partial charge in [0.05, 0.1) is 6.61 Å². The molecule has 0 aliphatic heterocycles. The molecule has 0 unspecified atom stereocenters. The number of nitrogens with one attached hydrogen (secondary N) is 2. The number of anilines is 2. The van der Waals surface area contributed by atoms with E-state index in [1.54, 1.807) is 43.0 Å². The summed E-state index contributed by atoms with van der Waals surface area (Å²) >= 11 is 1.60. The second-order valence-electron chi connectivity index (χ2n) is 4.94. The van der Waals surface area contributed by atoms with Crippen molar-refractivity contribution in [3.05, 3.63) is 48.5 Å². The summed E-state index contributed by atoms with van der Waals surface area (Å²) < 4.78 is 10.3. The molecule has 0 saturated heterocycles. The first-order valence-corrected chi connectivity index (χ1v) is 8.93. The standard InChI is InChI=1S/C18H20N2O4S/c1-3-23-18(22)20-13-6-4-8-15(10-13)24-12-17(21)19-14-7-5-9-16(11-14)25-2/h4-11H,3,12H2,1-2H3,(H,19,21)(H,20,22). The Morgan fingerprint density at radius 3 is 2.48 bits per heavy atom. The lowest BCUT2D eigenvalue weighted by Crippen LogP contribution is -2.20. The maximum Gasteiger partial charge on any atom is 0.411 e. The average molecular weight is 360 g/mol. The third-order valence-electron chi connectivity index (χ3n) is 3.08. The maximum absolute atomic E-state index is 12.0. The highest BCUT2D eigenvalue weighted by Crippen LogP contribution is 2.20. The van der Waals surface area contributed by atoms with Gasteiger partial charge in [-0.2, -0.15) is 0 Å². The summed E-state index contributed by atoms with van der Waals surface area (Å²) in [6.45, 7) is 1.89. The quantitative estimate of drug-likeness (QED) is 0.730. The summed E-state index contributed by atoms with van der Waals surface area (Å²) in [4.78, 5) is 24.5. The van der Waals surface area contributed by atoms with Gasteiger partial charge in [-0.25, -0.2) is 4.79 Å². The van der Waals surface area contributed by atoms with Crippen LogP contribution in [-0.2, 0) is 9.53 Å². The van der Waals surface area contributed by atoms with Crippen LogP contribution in [0.15, 0.2) is 53.4 Å². The normalized spacial score (nSPS) is 10.0. The maximum atomic E-state index is 12.0. The van der Waals surface area contributed by atoms with Gasteiger partial charge in [-0.1, -0.05) is 12.1 Å². The van der Waals surface area contributed by atoms with Crippen LogP contribution in [0.3, 0.4) is 0 Å². The molecule has 0 aromatic heterocycles. The zero-order valence-electron chi connectivity index (χ0n) is 14.1. The van der Waals surface area contributed by atoms with E-state index in [0.717, 1.165) is 10.6 Å². The number of carbonyl (C=O) groups excluding carboxylic acids is 2. The first-order valence-electron chi connectivity index (χ1n) is 7.71. The van der Waals surface area contributed by atoms with E-state index < -0.39 is 6.09 Å². The predicted molar refractivity (Wildman–Crippen MR) is 99.4 cm³/mol. The second-order valence-corrected chi connectivity index (χ2v) is 5.82. The Balaban J connectivity index is 1.87. The number of ether oxygens (including phenoxy) is 2. The molecule has 0 saturated carbocycles. The summed E-state index contributed by atoms with van der Waals surface area (Å²) in [7, 11) is 0. The molecule has 0 spiro atoms. The minimum atomic E-state index is -0.536. The van der Waals surface area contributed by atoms with Crippen LogP contribution in [0.2, 0.25) is 0 Å². The Morgan fingerprint density at radius 1 is 1.04 bits per heavy atom. The van der Waals surface area contributed by atoms with E-state index in [-0.39, 0.29) is 12.5 Å². The van der Waals surface area contributed by atoms with Crippen molar-refractivity contribution in [2.45, 2.75) is 11.8 Å². The molecule has 2 N–H and O–H groups in total. The molecule has 2 rings (SSSR count). The van der Waals surface area contributed by atoms with Crippen LogP contribution >= 0.6 is 11.8 Å². The van der Waals surface area contributed by atoms with Gasteiger partial charge < -0.3 is 14.8 Å². The summed E-state index contributed by atoms with van der Waals surface area (Å²) in [5, 5.41) is 5.36. The fourth-order valence-corrected chi connectivity index (χ4v) is 2.45. The van der Waals surface area contributed by atoms with Crippen molar-refractivity contribution in [1.29, 1.82) is 0 Å². The molecule has 6 nitrogen and oxygen atoms in total. The zero-order chi connectivity index (χ0) is 18.1. The largest absolute Gasteiger partial charge is 0.484 e. The van der Waals surface area contributed by atoms with Gasteiger partial charge in [0.25, 0.3) is 5.91 Å². The van der Waals surface area contributed by atoms with Crippen LogP contribution in [0.25, 0.3) is 0 Å². The molecular weight excluding hydrogens is 340 g/mol. The molecule has 7 heteroatoms. The monoisotopic (exact) mass is 360 g/mol. The molecule has 0 radical (unpaired) electrons. The highest BCUT2D eigenvalue weighted by Gasteiger charge is 2.06. The second kappa shape index (κ2) is 9.58. The SMILES string of the molecule is CCOC(=O)Nc1cccc(OCC(=O)Nc2cccc(SC)c2)c1. The lowest BCUT2D eigenvalue weighted by atomic mass is 10.3. The molecule has 2 aromatic carbocycles. The Hall–Kier alpha value is -2.67. The van der Waals surface area contributed by atoms with E-state index in [0.29, 0.717) is 18.0 Å². The van der Waals surface area contributed by atoms with Gasteiger partial charge in [0.2, 0.25) is 0 Å². The van der Waals surface area contributed by atoms with E-state index in [1.807, 2.05) is 30.5 Å². The van der Waals surface area contributed by atoms with Crippen LogP contribution < -0.4 is 15.4 Å². The number of benzene rings is 2. The first kappa shape index (κ1) is 18.7. The van der Waals surface area contributed by atoms with Crippen molar-refractivity contribution in [2.24, 2.45) is 0 Å². The number of rotatable bonds is 7. The fraction of sp³-hybridized carbons (Fsp3) is 0.222. The molecule has 132 valence electrons. The Kier molecular flexibility index (Phi) is 7.16. The molecule has 0 bridgehead atoms. The van der Waals surface area contributed by atoms with Crippen LogP contribution in [0.4, 0.5) is 16.2 Å². The van der Waals surface area contributed by atoms with E-state index >= 15 is 0 Å². The van der Waals surface area contributed by atoms with Crippen molar-refractivity contribution in [1.82, 2.24) is 0 Å². The smallest absolute Gasteiger partial charge is 0.411 e. The van der Waals surface area contributed by atoms with Crippen molar-refractivity contribution in [3.8, 4) is 5.75 Å². The third kappa shape index (κ3) is 6.39. The molecule has 2 aromatic rings. The number of hydrogen-bond acceptors (Lipinski definition) is 5. The minimum Gasteiger partial charge on any atom is -0.484 e. The van der Waals surface area contributed by atoms with Gasteiger partial charge in [0.1, 0.15) is 5.75 Å². The molecular formula is C18H20N2O4S. The van der Waals surface area contributed by atoms with Gasteiger partial charge in [-0.3, -0.25) is 10.1 Å². The van der Waals surface area contributed by atoms with Crippen molar-refractivity contribution in [3.63, 3.8) is 0 Å². The van der Waals surface area contributed by atoms with Crippen molar-refractivity contribution >= 4 is 35.1 Å². The summed E-state index contributed by atoms with van der Waals surface area (Å²) in [5.74, 6) is 0.212. The lowest BCUT2D eigenvalue weighted by molar-refractivity contribution is -0.118. The van der Waals surface area contributed by atoms with E-state index in [2.05, 4.69) is 10.6 Å². The summed E-state index contributed by atoms with van der Waals surface area (Å²) in [6.07, 6.45) is 1.44. The van der Waals surface area contributed by atoms with Gasteiger partial charge in [0.15, 0.2) is 6.61 Å². The van der Waals surface area contributed by atoms with Gasteiger partial charge in [-0.05, 0) is 43.5 Å². The Morgan fingerprint density at radius 2 is 1.76 bits per heavy atom. The number of carbonyl (C=O) groups is 2. The highest BCUT2D eigenvalue weighted by molar-refractivity contribution is 7.98. The topological polar surface area (TPSA) is 76.7 Å². The first-order chi connectivity index (χ1) is 12.1. The summed E-state index contributed by atoms with van der Waals surface area (Å²) in [5.41, 5.74) is 1.25. The van der Waals surface area contributed by atoms with Gasteiger partial charge in [-0.15, -0.1) is 11.8 Å². The number of hydrogen-bond donors (Lipinski definition) is 2. The molecule has 0 atom stereocenters. The molecule has 0 aliphatic carbocycles. The lowest BCUT2D eigenvalue weighted by Gasteiger charge is -2.10. The Bertz CT molecular complexity index is 737. The number of thioether (sulfide) groups is 1. The van der Waals surface area contributed by atoms with Gasteiger partial charge in [0, 0.05) is 22.3 Å². The molecule has 25 heavy (non-hydrogen) atoms. The predicted octanol–water partition coefficient (Wildman–Crippen LogP) is 3.99. The fourth-order valence-electron chi connectivity index (χ4n) is 2.00. The van der Waals surface area contributed by atoms with Crippen LogP contribution in [-0.4, -0.2) is 31.5 Å². The molecule has 0 fully saturated rings. The Labute approximate surface area is 150 Å². The zero-order valence-corrected chi connectivity index (χ0v) is 14.9. The third-order valence-corrected chi connectivity index (χ3v) is 3.80. The number of amides is 2. The van der Waals surface area contributed by atoms with Gasteiger partial charge >= 0.3 is 6.09 Å². The van der Waals surface area contributed by atoms with E-state index in [1.165, 1.54) is 0 Å². The van der Waals surface area contributed by atoms with Crippen LogP contribution in [0.5, 0.6) is 5.75 Å². The van der Waals surface area contributed by atoms with Crippen LogP contribution in [0.1, 0.15) is 6.92 Å². The van der Waals surface area contributed by atoms with Crippen molar-refractivity contribution < 1.29 is 19.1 Å². The summed E-state index contributed by atoms with van der Waals surface area (Å²) in [6, 6.07) is 14.3. The molecule has 2 amide bonds. The molecule has 0 aliphatic rings. The van der Waals surface area contributed by atoms with Crippen LogP contribution in [0, 0.1) is 0 Å². The van der Waals surface area contributed by atoms with E-state index in [9.17, 15) is 9.59 Å². The molecule has 0 heterocycles. The highest BCUT2D eigenvalue weighted by atomic mass is 32.2.